The van der Waals surface area contributed by atoms with Crippen molar-refractivity contribution in [2.24, 2.45) is 0 Å². The van der Waals surface area contributed by atoms with Crippen LogP contribution in [0.3, 0.4) is 0 Å². The highest BCUT2D eigenvalue weighted by molar-refractivity contribution is 5.98. The number of anilines is 1. The molecule has 0 spiro atoms. The second-order valence-corrected chi connectivity index (χ2v) is 8.66. The zero-order valence-corrected chi connectivity index (χ0v) is 18.7. The van der Waals surface area contributed by atoms with Crippen LogP contribution in [0.1, 0.15) is 47.8 Å². The van der Waals surface area contributed by atoms with Crippen LogP contribution in [0.5, 0.6) is 0 Å². The molecule has 166 valence electrons. The smallest absolute Gasteiger partial charge is 0.343 e. The Hall–Kier alpha value is -3.86. The Kier molecular flexibility index (Phi) is 5.25. The first-order chi connectivity index (χ1) is 16.0. The molecule has 2 heterocycles. The lowest BCUT2D eigenvalue weighted by Crippen LogP contribution is -2.33. The van der Waals surface area contributed by atoms with E-state index in [1.54, 1.807) is 19.2 Å². The molecule has 0 fully saturated rings. The fraction of sp³-hybridized carbons (Fsp3) is 0.214. The average molecular weight is 439 g/mol. The minimum atomic E-state index is -0.589. The van der Waals surface area contributed by atoms with E-state index in [4.69, 9.17) is 4.74 Å². The number of hydrogen-bond acceptors (Lipinski definition) is 4. The van der Waals surface area contributed by atoms with Gasteiger partial charge >= 0.3 is 5.97 Å². The summed E-state index contributed by atoms with van der Waals surface area (Å²) in [5.74, 6) is -0.589. The van der Waals surface area contributed by atoms with Crippen LogP contribution in [-0.2, 0) is 10.3 Å². The maximum Gasteiger partial charge on any atom is 0.343 e. The number of aromatic nitrogens is 1. The van der Waals surface area contributed by atoms with Crippen molar-refractivity contribution in [2.75, 3.05) is 11.9 Å². The van der Waals surface area contributed by atoms with Gasteiger partial charge in [-0.3, -0.25) is 4.79 Å². The van der Waals surface area contributed by atoms with Gasteiger partial charge in [-0.1, -0.05) is 66.7 Å². The van der Waals surface area contributed by atoms with E-state index in [2.05, 4.69) is 41.1 Å². The number of rotatable bonds is 4. The Balaban J connectivity index is 1.82. The molecule has 1 N–H and O–H groups in total. The van der Waals surface area contributed by atoms with Crippen LogP contribution in [0.15, 0.2) is 89.9 Å². The number of esters is 1. The molecule has 2 atom stereocenters. The van der Waals surface area contributed by atoms with Crippen molar-refractivity contribution in [2.45, 2.75) is 31.8 Å². The van der Waals surface area contributed by atoms with Crippen LogP contribution in [-0.4, -0.2) is 17.1 Å². The number of para-hydroxylation sites is 1. The summed E-state index contributed by atoms with van der Waals surface area (Å²) in [5, 5.41) is 4.24. The van der Waals surface area contributed by atoms with Crippen molar-refractivity contribution < 1.29 is 9.53 Å². The fourth-order valence-corrected chi connectivity index (χ4v) is 4.90. The molecular weight excluding hydrogens is 412 g/mol. The molecule has 1 aliphatic heterocycles. The number of ether oxygens (including phenoxy) is 1. The number of hydrogen-bond donors (Lipinski definition) is 1. The molecule has 2 unspecified atom stereocenters. The highest BCUT2D eigenvalue weighted by Gasteiger charge is 2.36. The first-order valence-corrected chi connectivity index (χ1v) is 11.3. The Bertz CT molecular complexity index is 1380. The second-order valence-electron chi connectivity index (χ2n) is 8.66. The van der Waals surface area contributed by atoms with Gasteiger partial charge < -0.3 is 14.6 Å². The molecule has 1 aliphatic rings. The van der Waals surface area contributed by atoms with Gasteiger partial charge in [0.15, 0.2) is 0 Å². The normalized spacial score (nSPS) is 19.5. The van der Waals surface area contributed by atoms with Gasteiger partial charge in [0.2, 0.25) is 5.43 Å². The zero-order valence-electron chi connectivity index (χ0n) is 18.7. The quantitative estimate of drug-likeness (QED) is 0.428. The summed E-state index contributed by atoms with van der Waals surface area (Å²) in [6, 6.07) is 26.1. The molecule has 3 aromatic carbocycles. The number of pyridine rings is 1. The number of nitrogens with one attached hydrogen (secondary N) is 1. The standard InChI is InChI=1S/C28H26N2O3/c1-3-33-27(32)22-18-30-24(19-11-6-4-7-12-19)17-28(2,20-13-8-5-9-14-20)29-23-16-10-15-21(25(23)30)26(22)31/h4-16,18,24,29H,3,17H2,1-2H3. The van der Waals surface area contributed by atoms with Gasteiger partial charge in [-0.25, -0.2) is 4.79 Å². The molecule has 4 aromatic rings. The van der Waals surface area contributed by atoms with E-state index < -0.39 is 11.5 Å². The Labute approximate surface area is 192 Å². The second kappa shape index (κ2) is 8.24. The topological polar surface area (TPSA) is 60.3 Å². The number of carbonyl (C=O) groups is 1. The molecule has 0 amide bonds. The first-order valence-electron chi connectivity index (χ1n) is 11.3. The molecule has 1 aromatic heterocycles. The van der Waals surface area contributed by atoms with Crippen molar-refractivity contribution in [1.82, 2.24) is 4.57 Å². The van der Waals surface area contributed by atoms with Crippen LogP contribution >= 0.6 is 0 Å². The summed E-state index contributed by atoms with van der Waals surface area (Å²) in [6.45, 7) is 4.14. The molecular formula is C28H26N2O3. The lowest BCUT2D eigenvalue weighted by Gasteiger charge is -2.34. The number of benzene rings is 3. The van der Waals surface area contributed by atoms with Crippen molar-refractivity contribution in [3.8, 4) is 0 Å². The highest BCUT2D eigenvalue weighted by Crippen LogP contribution is 2.43. The molecule has 33 heavy (non-hydrogen) atoms. The van der Waals surface area contributed by atoms with E-state index in [0.29, 0.717) is 5.39 Å². The Morgan fingerprint density at radius 2 is 1.73 bits per heavy atom. The van der Waals surface area contributed by atoms with Gasteiger partial charge in [0.25, 0.3) is 0 Å². The van der Waals surface area contributed by atoms with E-state index in [-0.39, 0.29) is 23.6 Å². The van der Waals surface area contributed by atoms with Crippen molar-refractivity contribution in [3.63, 3.8) is 0 Å². The molecule has 5 rings (SSSR count). The first kappa shape index (κ1) is 21.0. The molecule has 0 aliphatic carbocycles. The maximum absolute atomic E-state index is 13.3. The van der Waals surface area contributed by atoms with E-state index in [0.717, 1.165) is 28.8 Å². The number of carbonyl (C=O) groups excluding carboxylic acids is 1. The molecule has 0 saturated carbocycles. The summed E-state index contributed by atoms with van der Waals surface area (Å²) in [5.41, 5.74) is 3.27. The maximum atomic E-state index is 13.3. The van der Waals surface area contributed by atoms with Gasteiger partial charge in [0.05, 0.1) is 29.4 Å². The largest absolute Gasteiger partial charge is 0.462 e. The van der Waals surface area contributed by atoms with Gasteiger partial charge in [-0.2, -0.15) is 0 Å². The van der Waals surface area contributed by atoms with Crippen LogP contribution in [0, 0.1) is 0 Å². The van der Waals surface area contributed by atoms with Crippen molar-refractivity contribution >= 4 is 22.6 Å². The zero-order chi connectivity index (χ0) is 23.0. The SMILES string of the molecule is CCOC(=O)c1cn2c3c(cccc3c1=O)NC(C)(c1ccccc1)CC2c1ccccc1. The minimum absolute atomic E-state index is 0.0609. The monoisotopic (exact) mass is 438 g/mol. The van der Waals surface area contributed by atoms with Crippen molar-refractivity contribution in [1.29, 1.82) is 0 Å². The molecule has 5 nitrogen and oxygen atoms in total. The third-order valence-corrected chi connectivity index (χ3v) is 6.49. The lowest BCUT2D eigenvalue weighted by molar-refractivity contribution is 0.0524. The van der Waals surface area contributed by atoms with E-state index >= 15 is 0 Å². The molecule has 0 saturated heterocycles. The van der Waals surface area contributed by atoms with Crippen LogP contribution in [0.2, 0.25) is 0 Å². The molecule has 0 radical (unpaired) electrons. The summed E-state index contributed by atoms with van der Waals surface area (Å²) in [4.78, 5) is 26.0. The number of nitrogens with zero attached hydrogens (tertiary/aromatic N) is 1. The average Bonchev–Trinajstić information content (AvgIpc) is 2.97. The van der Waals surface area contributed by atoms with E-state index in [1.165, 1.54) is 0 Å². The van der Waals surface area contributed by atoms with Gasteiger partial charge in [-0.05, 0) is 43.5 Å². The van der Waals surface area contributed by atoms with E-state index in [9.17, 15) is 9.59 Å². The third kappa shape index (κ3) is 3.59. The summed E-state index contributed by atoms with van der Waals surface area (Å²) >= 11 is 0. The van der Waals surface area contributed by atoms with Crippen LogP contribution < -0.4 is 10.7 Å². The summed E-state index contributed by atoms with van der Waals surface area (Å²) in [7, 11) is 0. The highest BCUT2D eigenvalue weighted by atomic mass is 16.5. The lowest BCUT2D eigenvalue weighted by atomic mass is 9.83. The molecule has 0 bridgehead atoms. The fourth-order valence-electron chi connectivity index (χ4n) is 4.90. The minimum Gasteiger partial charge on any atom is -0.462 e. The van der Waals surface area contributed by atoms with Gasteiger partial charge in [0, 0.05) is 11.6 Å². The molecule has 5 heteroatoms. The van der Waals surface area contributed by atoms with Crippen LogP contribution in [0.25, 0.3) is 10.9 Å². The Morgan fingerprint density at radius 1 is 1.03 bits per heavy atom. The van der Waals surface area contributed by atoms with Gasteiger partial charge in [-0.15, -0.1) is 0 Å². The third-order valence-electron chi connectivity index (χ3n) is 6.49. The van der Waals surface area contributed by atoms with Crippen LogP contribution in [0.4, 0.5) is 5.69 Å². The predicted molar refractivity (Wildman–Crippen MR) is 131 cm³/mol. The van der Waals surface area contributed by atoms with E-state index in [1.807, 2.05) is 48.5 Å². The van der Waals surface area contributed by atoms with Crippen molar-refractivity contribution in [3.05, 3.63) is 112 Å². The Morgan fingerprint density at radius 3 is 2.42 bits per heavy atom. The van der Waals surface area contributed by atoms with Gasteiger partial charge in [0.1, 0.15) is 5.56 Å². The predicted octanol–water partition coefficient (Wildman–Crippen LogP) is 5.50. The summed E-state index contributed by atoms with van der Waals surface area (Å²) < 4.78 is 7.30. The summed E-state index contributed by atoms with van der Waals surface area (Å²) in [6.07, 6.45) is 2.40.